The van der Waals surface area contributed by atoms with E-state index >= 15 is 0 Å². The van der Waals surface area contributed by atoms with Crippen LogP contribution in [0.1, 0.15) is 11.1 Å². The summed E-state index contributed by atoms with van der Waals surface area (Å²) in [5, 5.41) is 3.37. The number of pyridine rings is 1. The van der Waals surface area contributed by atoms with E-state index in [9.17, 15) is 18.0 Å². The van der Waals surface area contributed by atoms with E-state index in [1.54, 1.807) is 30.5 Å². The zero-order valence-electron chi connectivity index (χ0n) is 14.1. The van der Waals surface area contributed by atoms with Gasteiger partial charge in [0, 0.05) is 18.1 Å². The number of fused-ring (bicyclic) bond motifs is 1. The topological polar surface area (TPSA) is 51.2 Å². The first-order valence-corrected chi connectivity index (χ1v) is 8.00. The van der Waals surface area contributed by atoms with Gasteiger partial charge in [0.05, 0.1) is 11.1 Å². The number of rotatable bonds is 5. The van der Waals surface area contributed by atoms with Crippen LogP contribution in [0.3, 0.4) is 0 Å². The molecule has 0 radical (unpaired) electrons. The molecule has 0 bridgehead atoms. The molecule has 2 aromatic carbocycles. The molecule has 7 heteroatoms. The number of carbonyl (C=O) groups excluding carboxylic acids is 1. The Bertz CT molecular complexity index is 983. The van der Waals surface area contributed by atoms with Gasteiger partial charge in [0.1, 0.15) is 11.5 Å². The fourth-order valence-corrected chi connectivity index (χ4v) is 2.49. The number of nitrogens with one attached hydrogen (secondary N) is 1. The summed E-state index contributed by atoms with van der Waals surface area (Å²) in [6.07, 6.45) is -1.62. The van der Waals surface area contributed by atoms with E-state index in [0.29, 0.717) is 16.7 Å². The van der Waals surface area contributed by atoms with Gasteiger partial charge >= 0.3 is 6.18 Å². The molecule has 0 saturated carbocycles. The van der Waals surface area contributed by atoms with Gasteiger partial charge in [-0.25, -0.2) is 0 Å². The summed E-state index contributed by atoms with van der Waals surface area (Å²) < 4.78 is 43.9. The highest BCUT2D eigenvalue weighted by Gasteiger charge is 2.30. The number of benzene rings is 2. The molecule has 1 heterocycles. The van der Waals surface area contributed by atoms with E-state index in [1.165, 1.54) is 18.2 Å². The third-order valence-electron chi connectivity index (χ3n) is 3.80. The number of carbonyl (C=O) groups is 1. The number of amides is 1. The smallest absolute Gasteiger partial charge is 0.416 e. The van der Waals surface area contributed by atoms with Crippen molar-refractivity contribution in [1.82, 2.24) is 10.3 Å². The standard InChI is InChI=1S/C20H15F3N2O2/c1-2-19(26)25-12-13-10-17-16(4-3-9-24-17)18(11-13)27-15-7-5-14(6-8-15)20(21,22)23/h2-11H,1,12H2,(H,25,26). The van der Waals surface area contributed by atoms with Crippen LogP contribution in [0, 0.1) is 0 Å². The summed E-state index contributed by atoms with van der Waals surface area (Å²) >= 11 is 0. The Morgan fingerprint density at radius 1 is 1.19 bits per heavy atom. The van der Waals surface area contributed by atoms with Crippen LogP contribution in [-0.2, 0) is 17.5 Å². The third kappa shape index (κ3) is 4.44. The molecule has 0 aliphatic carbocycles. The predicted molar refractivity (Wildman–Crippen MR) is 95.3 cm³/mol. The molecule has 0 aliphatic rings. The second-order valence-corrected chi connectivity index (χ2v) is 5.71. The summed E-state index contributed by atoms with van der Waals surface area (Å²) in [6.45, 7) is 3.63. The highest BCUT2D eigenvalue weighted by molar-refractivity contribution is 5.88. The SMILES string of the molecule is C=CC(=O)NCc1cc(Oc2ccc(C(F)(F)F)cc2)c2cccnc2c1. The van der Waals surface area contributed by atoms with Crippen LogP contribution in [-0.4, -0.2) is 10.9 Å². The number of hydrogen-bond donors (Lipinski definition) is 1. The maximum Gasteiger partial charge on any atom is 0.416 e. The molecule has 0 unspecified atom stereocenters. The number of nitrogens with zero attached hydrogens (tertiary/aromatic N) is 1. The Balaban J connectivity index is 1.92. The first-order valence-electron chi connectivity index (χ1n) is 8.00. The van der Waals surface area contributed by atoms with Crippen molar-refractivity contribution in [3.05, 3.63) is 78.5 Å². The van der Waals surface area contributed by atoms with Crippen LogP contribution in [0.2, 0.25) is 0 Å². The molecule has 138 valence electrons. The molecule has 0 spiro atoms. The molecule has 3 aromatic rings. The number of aromatic nitrogens is 1. The second-order valence-electron chi connectivity index (χ2n) is 5.71. The lowest BCUT2D eigenvalue weighted by atomic mass is 10.1. The zero-order valence-corrected chi connectivity index (χ0v) is 14.1. The molecule has 1 amide bonds. The third-order valence-corrected chi connectivity index (χ3v) is 3.80. The average molecular weight is 372 g/mol. The van der Waals surface area contributed by atoms with Crippen molar-refractivity contribution in [2.75, 3.05) is 0 Å². The second kappa shape index (κ2) is 7.49. The Kier molecular flexibility index (Phi) is 5.12. The van der Waals surface area contributed by atoms with Crippen LogP contribution in [0.4, 0.5) is 13.2 Å². The Hall–Kier alpha value is -3.35. The van der Waals surface area contributed by atoms with Crippen molar-refractivity contribution in [1.29, 1.82) is 0 Å². The maximum absolute atomic E-state index is 12.7. The largest absolute Gasteiger partial charge is 0.457 e. The summed E-state index contributed by atoms with van der Waals surface area (Å²) in [7, 11) is 0. The molecule has 0 atom stereocenters. The molecule has 1 aromatic heterocycles. The van der Waals surface area contributed by atoms with Crippen LogP contribution in [0.25, 0.3) is 10.9 Å². The maximum atomic E-state index is 12.7. The Labute approximate surface area is 153 Å². The van der Waals surface area contributed by atoms with Crippen LogP contribution >= 0.6 is 0 Å². The van der Waals surface area contributed by atoms with Crippen molar-refractivity contribution >= 4 is 16.8 Å². The summed E-state index contributed by atoms with van der Waals surface area (Å²) in [4.78, 5) is 15.6. The minimum Gasteiger partial charge on any atom is -0.457 e. The van der Waals surface area contributed by atoms with Gasteiger partial charge in [-0.05, 0) is 60.2 Å². The molecular formula is C20H15F3N2O2. The molecule has 3 rings (SSSR count). The lowest BCUT2D eigenvalue weighted by Gasteiger charge is -2.13. The summed E-state index contributed by atoms with van der Waals surface area (Å²) in [5.41, 5.74) is 0.630. The number of halogens is 3. The lowest BCUT2D eigenvalue weighted by Crippen LogP contribution is -2.19. The highest BCUT2D eigenvalue weighted by Crippen LogP contribution is 2.33. The fourth-order valence-electron chi connectivity index (χ4n) is 2.49. The van der Waals surface area contributed by atoms with Gasteiger partial charge in [0.25, 0.3) is 0 Å². The molecule has 4 nitrogen and oxygen atoms in total. The van der Waals surface area contributed by atoms with E-state index < -0.39 is 11.7 Å². The van der Waals surface area contributed by atoms with Crippen LogP contribution in [0.5, 0.6) is 11.5 Å². The van der Waals surface area contributed by atoms with E-state index in [-0.39, 0.29) is 18.2 Å². The minimum absolute atomic E-state index is 0.237. The van der Waals surface area contributed by atoms with Gasteiger partial charge in [0.2, 0.25) is 5.91 Å². The van der Waals surface area contributed by atoms with E-state index in [2.05, 4.69) is 16.9 Å². The first kappa shape index (κ1) is 18.4. The molecule has 0 saturated heterocycles. The van der Waals surface area contributed by atoms with E-state index in [0.717, 1.165) is 17.7 Å². The van der Waals surface area contributed by atoms with Gasteiger partial charge in [-0.15, -0.1) is 0 Å². The van der Waals surface area contributed by atoms with Crippen molar-refractivity contribution in [2.24, 2.45) is 0 Å². The number of alkyl halides is 3. The monoisotopic (exact) mass is 372 g/mol. The Morgan fingerprint density at radius 2 is 1.93 bits per heavy atom. The predicted octanol–water partition coefficient (Wildman–Crippen LogP) is 4.85. The van der Waals surface area contributed by atoms with Crippen molar-refractivity contribution in [3.8, 4) is 11.5 Å². The zero-order chi connectivity index (χ0) is 19.4. The summed E-state index contributed by atoms with van der Waals surface area (Å²) in [5.74, 6) is 0.380. The van der Waals surface area contributed by atoms with E-state index in [4.69, 9.17) is 4.74 Å². The van der Waals surface area contributed by atoms with Gasteiger partial charge in [0.15, 0.2) is 0 Å². The van der Waals surface area contributed by atoms with Crippen molar-refractivity contribution in [3.63, 3.8) is 0 Å². The van der Waals surface area contributed by atoms with Crippen molar-refractivity contribution < 1.29 is 22.7 Å². The van der Waals surface area contributed by atoms with Crippen molar-refractivity contribution in [2.45, 2.75) is 12.7 Å². The molecule has 0 fully saturated rings. The quantitative estimate of drug-likeness (QED) is 0.652. The first-order chi connectivity index (χ1) is 12.9. The molecular weight excluding hydrogens is 357 g/mol. The van der Waals surface area contributed by atoms with Crippen LogP contribution in [0.15, 0.2) is 67.4 Å². The number of ether oxygens (including phenoxy) is 1. The van der Waals surface area contributed by atoms with Crippen LogP contribution < -0.4 is 10.1 Å². The molecule has 1 N–H and O–H groups in total. The fraction of sp³-hybridized carbons (Fsp3) is 0.100. The molecule has 27 heavy (non-hydrogen) atoms. The number of hydrogen-bond acceptors (Lipinski definition) is 3. The van der Waals surface area contributed by atoms with Gasteiger partial charge in [-0.3, -0.25) is 9.78 Å². The average Bonchev–Trinajstić information content (AvgIpc) is 2.66. The minimum atomic E-state index is -4.40. The molecule has 0 aliphatic heterocycles. The highest BCUT2D eigenvalue weighted by atomic mass is 19.4. The van der Waals surface area contributed by atoms with E-state index in [1.807, 2.05) is 0 Å². The van der Waals surface area contributed by atoms with Gasteiger partial charge < -0.3 is 10.1 Å². The lowest BCUT2D eigenvalue weighted by molar-refractivity contribution is -0.137. The van der Waals surface area contributed by atoms with Gasteiger partial charge in [-0.1, -0.05) is 6.58 Å². The van der Waals surface area contributed by atoms with Gasteiger partial charge in [-0.2, -0.15) is 13.2 Å². The summed E-state index contributed by atoms with van der Waals surface area (Å²) in [6, 6.07) is 11.5. The Morgan fingerprint density at radius 3 is 2.59 bits per heavy atom. The normalized spacial score (nSPS) is 11.2.